The second kappa shape index (κ2) is 12.0. The molecule has 0 amide bonds. The molecule has 0 spiro atoms. The van der Waals surface area contributed by atoms with E-state index in [-0.39, 0.29) is 22.6 Å². The molecular weight excluding hydrogens is 556 g/mol. The lowest BCUT2D eigenvalue weighted by Gasteiger charge is -2.26. The van der Waals surface area contributed by atoms with Crippen LogP contribution in [0.2, 0.25) is 0 Å². The maximum absolute atomic E-state index is 13.0. The van der Waals surface area contributed by atoms with Gasteiger partial charge in [0.15, 0.2) is 17.3 Å². The van der Waals surface area contributed by atoms with Crippen LogP contribution in [0.4, 0.5) is 0 Å². The van der Waals surface area contributed by atoms with Gasteiger partial charge in [0.25, 0.3) is 0 Å². The number of hydrogen-bond acceptors (Lipinski definition) is 10. The number of aromatic carboxylic acids is 1. The first-order valence-electron chi connectivity index (χ1n) is 12.6. The highest BCUT2D eigenvalue weighted by Gasteiger charge is 2.32. The lowest BCUT2D eigenvalue weighted by molar-refractivity contribution is 0.0216. The van der Waals surface area contributed by atoms with Gasteiger partial charge < -0.3 is 30.5 Å². The number of sulfonamides is 1. The summed E-state index contributed by atoms with van der Waals surface area (Å²) in [4.78, 5) is 37.7. The number of aryl methyl sites for hydroxylation is 1. The molecule has 4 rings (SSSR count). The van der Waals surface area contributed by atoms with E-state index >= 15 is 0 Å². The number of hydrogen-bond donors (Lipinski definition) is 6. The number of carboxylic acid groups (broad SMARTS) is 1. The molecule has 1 aliphatic rings. The van der Waals surface area contributed by atoms with Gasteiger partial charge in [-0.05, 0) is 50.6 Å². The summed E-state index contributed by atoms with van der Waals surface area (Å²) in [5.41, 5.74) is -0.930. The summed E-state index contributed by atoms with van der Waals surface area (Å²) >= 11 is 0. The van der Waals surface area contributed by atoms with E-state index in [0.29, 0.717) is 25.5 Å². The maximum Gasteiger partial charge on any atom is 0.340 e. The lowest BCUT2D eigenvalue weighted by Crippen LogP contribution is -2.49. The molecule has 0 bridgehead atoms. The molecule has 0 aliphatic carbocycles. The molecule has 1 heterocycles. The van der Waals surface area contributed by atoms with Crippen molar-refractivity contribution in [2.24, 2.45) is 0 Å². The van der Waals surface area contributed by atoms with Crippen LogP contribution in [0, 0.1) is 6.92 Å². The van der Waals surface area contributed by atoms with Gasteiger partial charge in [0.1, 0.15) is 17.4 Å². The van der Waals surface area contributed by atoms with Gasteiger partial charge in [0.05, 0.1) is 22.1 Å². The van der Waals surface area contributed by atoms with Gasteiger partial charge in [-0.2, -0.15) is 0 Å². The van der Waals surface area contributed by atoms with E-state index in [1.54, 1.807) is 12.1 Å². The summed E-state index contributed by atoms with van der Waals surface area (Å²) in [6, 6.07) is 11.1. The topological polar surface area (TPSA) is 200 Å². The molecule has 1 saturated heterocycles. The first-order valence-corrected chi connectivity index (χ1v) is 14.0. The van der Waals surface area contributed by atoms with E-state index in [4.69, 9.17) is 4.74 Å². The van der Waals surface area contributed by atoms with Crippen molar-refractivity contribution in [3.8, 4) is 17.2 Å². The summed E-state index contributed by atoms with van der Waals surface area (Å²) in [6.45, 7) is 2.66. The molecule has 13 heteroatoms. The van der Waals surface area contributed by atoms with Crippen molar-refractivity contribution in [3.05, 3.63) is 82.4 Å². The summed E-state index contributed by atoms with van der Waals surface area (Å²) in [6.07, 6.45) is 0.207. The van der Waals surface area contributed by atoms with Gasteiger partial charge in [-0.3, -0.25) is 4.79 Å². The zero-order valence-corrected chi connectivity index (χ0v) is 22.6. The fourth-order valence-electron chi connectivity index (χ4n) is 4.45. The molecule has 3 aromatic carbocycles. The second-order valence-corrected chi connectivity index (χ2v) is 11.3. The number of carbonyl (C=O) groups is 3. The van der Waals surface area contributed by atoms with Crippen LogP contribution in [0.25, 0.3) is 0 Å². The van der Waals surface area contributed by atoms with Crippen molar-refractivity contribution in [1.82, 2.24) is 10.0 Å². The Morgan fingerprint density at radius 3 is 2.20 bits per heavy atom. The molecule has 12 nitrogen and oxygen atoms in total. The molecule has 41 heavy (non-hydrogen) atoms. The van der Waals surface area contributed by atoms with Crippen molar-refractivity contribution in [2.45, 2.75) is 36.8 Å². The number of ketones is 1. The smallest absolute Gasteiger partial charge is 0.340 e. The zero-order valence-electron chi connectivity index (χ0n) is 21.8. The van der Waals surface area contributed by atoms with Crippen LogP contribution in [-0.2, 0) is 14.8 Å². The minimum atomic E-state index is -3.90. The first-order chi connectivity index (χ1) is 19.4. The van der Waals surface area contributed by atoms with Gasteiger partial charge in [0.2, 0.25) is 10.0 Å². The van der Waals surface area contributed by atoms with Crippen LogP contribution in [0.5, 0.6) is 17.2 Å². The summed E-state index contributed by atoms with van der Waals surface area (Å²) < 4.78 is 34.3. The standard InChI is InChI=1S/C28H28N2O10S/c1-15-4-10-18(11-5-15)41(38,39)30-19-14-29-12-2-3-22(19)40-28(37)17-8-6-16(7-9-17)25(33)24-23(27(35)36)20(31)13-21(32)26(24)34/h4-11,13,19,22,29-32,34H,2-3,12,14H2,1H3,(H,35,36). The second-order valence-electron chi connectivity index (χ2n) is 9.56. The van der Waals surface area contributed by atoms with E-state index in [1.165, 1.54) is 36.4 Å². The number of phenolic OH excluding ortho intramolecular Hbond substituents is 2. The van der Waals surface area contributed by atoms with Crippen molar-refractivity contribution >= 4 is 27.7 Å². The van der Waals surface area contributed by atoms with Crippen molar-refractivity contribution in [3.63, 3.8) is 0 Å². The average Bonchev–Trinajstić information content (AvgIpc) is 3.14. The monoisotopic (exact) mass is 584 g/mol. The van der Waals surface area contributed by atoms with Crippen LogP contribution < -0.4 is 10.0 Å². The number of aromatic hydroxyl groups is 3. The number of rotatable bonds is 8. The predicted octanol–water partition coefficient (Wildman–Crippen LogP) is 2.30. The molecular formula is C28H28N2O10S. The normalized spacial score (nSPS) is 17.4. The number of esters is 1. The SMILES string of the molecule is Cc1ccc(S(=O)(=O)NC2CNCCCC2OC(=O)c2ccc(C(=O)c3c(O)c(O)cc(O)c3C(=O)O)cc2)cc1. The molecule has 1 fully saturated rings. The Hall–Kier alpha value is -4.46. The quantitative estimate of drug-likeness (QED) is 0.0982. The van der Waals surface area contributed by atoms with Crippen molar-refractivity contribution in [1.29, 1.82) is 0 Å². The molecule has 1 aliphatic heterocycles. The van der Waals surface area contributed by atoms with E-state index in [9.17, 15) is 43.2 Å². The average molecular weight is 585 g/mol. The van der Waals surface area contributed by atoms with Gasteiger partial charge in [-0.25, -0.2) is 22.7 Å². The van der Waals surface area contributed by atoms with Crippen LogP contribution in [0.15, 0.2) is 59.5 Å². The molecule has 0 aromatic heterocycles. The van der Waals surface area contributed by atoms with Crippen LogP contribution in [0.3, 0.4) is 0 Å². The number of nitrogens with one attached hydrogen (secondary N) is 2. The van der Waals surface area contributed by atoms with E-state index in [0.717, 1.165) is 5.56 Å². The fourth-order valence-corrected chi connectivity index (χ4v) is 5.72. The van der Waals surface area contributed by atoms with Crippen LogP contribution >= 0.6 is 0 Å². The highest BCUT2D eigenvalue weighted by atomic mass is 32.2. The molecule has 2 atom stereocenters. The Morgan fingerprint density at radius 2 is 1.56 bits per heavy atom. The maximum atomic E-state index is 13.0. The van der Waals surface area contributed by atoms with Crippen LogP contribution in [-0.4, -0.2) is 71.8 Å². The van der Waals surface area contributed by atoms with Gasteiger partial charge in [-0.1, -0.05) is 29.8 Å². The van der Waals surface area contributed by atoms with Crippen molar-refractivity contribution in [2.75, 3.05) is 13.1 Å². The Balaban J connectivity index is 1.53. The van der Waals surface area contributed by atoms with Gasteiger partial charge in [0, 0.05) is 18.2 Å². The van der Waals surface area contributed by atoms with Crippen molar-refractivity contribution < 1.29 is 48.0 Å². The van der Waals surface area contributed by atoms with Crippen LogP contribution in [0.1, 0.15) is 55.0 Å². The number of phenols is 3. The van der Waals surface area contributed by atoms with E-state index in [2.05, 4.69) is 10.0 Å². The molecule has 2 unspecified atom stereocenters. The van der Waals surface area contributed by atoms with Gasteiger partial charge >= 0.3 is 11.9 Å². The first kappa shape index (κ1) is 29.5. The molecule has 6 N–H and O–H groups in total. The molecule has 0 saturated carbocycles. The number of carbonyl (C=O) groups excluding carboxylic acids is 2. The predicted molar refractivity (Wildman–Crippen MR) is 145 cm³/mol. The number of carboxylic acids is 1. The Labute approximate surface area is 235 Å². The minimum absolute atomic E-state index is 0.0281. The highest BCUT2D eigenvalue weighted by Crippen LogP contribution is 2.38. The largest absolute Gasteiger partial charge is 0.507 e. The lowest BCUT2D eigenvalue weighted by atomic mass is 9.95. The van der Waals surface area contributed by atoms with Gasteiger partial charge in [-0.15, -0.1) is 0 Å². The Bertz CT molecular complexity index is 1590. The van der Waals surface area contributed by atoms with E-state index < -0.39 is 68.3 Å². The minimum Gasteiger partial charge on any atom is -0.507 e. The molecule has 3 aromatic rings. The molecule has 0 radical (unpaired) electrons. The third-order valence-corrected chi connectivity index (χ3v) is 8.14. The van der Waals surface area contributed by atoms with E-state index in [1.807, 2.05) is 6.92 Å². The Morgan fingerprint density at radius 1 is 0.927 bits per heavy atom. The third kappa shape index (κ3) is 6.48. The summed E-state index contributed by atoms with van der Waals surface area (Å²) in [5, 5.41) is 42.4. The number of benzene rings is 3. The third-order valence-electron chi connectivity index (χ3n) is 6.63. The number of ether oxygens (including phenoxy) is 1. The highest BCUT2D eigenvalue weighted by molar-refractivity contribution is 7.89. The molecule has 216 valence electrons. The summed E-state index contributed by atoms with van der Waals surface area (Å²) in [7, 11) is -3.90. The Kier molecular flexibility index (Phi) is 8.61. The fraction of sp³-hybridized carbons (Fsp3) is 0.250. The zero-order chi connectivity index (χ0) is 29.9. The summed E-state index contributed by atoms with van der Waals surface area (Å²) in [5.74, 6) is -6.32.